The minimum atomic E-state index is -0.0413. The number of hydrogen-bond donors (Lipinski definition) is 0. The first kappa shape index (κ1) is 30.6. The van der Waals surface area contributed by atoms with E-state index in [1.54, 1.807) is 0 Å². The molecule has 6 heteroatoms. The number of benzene rings is 5. The van der Waals surface area contributed by atoms with Gasteiger partial charge in [-0.25, -0.2) is 4.98 Å². The van der Waals surface area contributed by atoms with Crippen molar-refractivity contribution in [3.8, 4) is 33.8 Å². The van der Waals surface area contributed by atoms with Crippen LogP contribution in [0.4, 0.5) is 39.9 Å². The maximum atomic E-state index is 6.72. The van der Waals surface area contributed by atoms with E-state index in [9.17, 15) is 0 Å². The van der Waals surface area contributed by atoms with Crippen LogP contribution in [0.2, 0.25) is 0 Å². The molecule has 9 rings (SSSR count). The summed E-state index contributed by atoms with van der Waals surface area (Å²) in [6, 6.07) is 48.8. The van der Waals surface area contributed by atoms with Crippen LogP contribution in [-0.4, -0.2) is 16.6 Å². The van der Waals surface area contributed by atoms with Crippen molar-refractivity contribution in [3.05, 3.63) is 164 Å². The Labute approximate surface area is 298 Å². The summed E-state index contributed by atoms with van der Waals surface area (Å²) in [6.45, 7) is 7.40. The highest BCUT2D eigenvalue weighted by molar-refractivity contribution is 6.02. The Morgan fingerprint density at radius 3 is 2.00 bits per heavy atom. The third-order valence-corrected chi connectivity index (χ3v) is 9.78. The summed E-state index contributed by atoms with van der Waals surface area (Å²) in [4.78, 5) is 16.4. The number of hydrogen-bond acceptors (Lipinski definition) is 6. The third-order valence-electron chi connectivity index (χ3n) is 9.78. The molecule has 0 atom stereocenters. The van der Waals surface area contributed by atoms with Crippen molar-refractivity contribution in [3.63, 3.8) is 0 Å². The van der Waals surface area contributed by atoms with Gasteiger partial charge in [0.1, 0.15) is 24.0 Å². The van der Waals surface area contributed by atoms with E-state index in [4.69, 9.17) is 9.72 Å². The van der Waals surface area contributed by atoms with E-state index in [-0.39, 0.29) is 5.41 Å². The molecule has 0 bridgehead atoms. The molecule has 0 fully saturated rings. The van der Waals surface area contributed by atoms with Crippen LogP contribution in [0.25, 0.3) is 22.3 Å². The molecule has 2 aromatic heterocycles. The first-order chi connectivity index (χ1) is 24.9. The molecule has 0 aliphatic carbocycles. The molecule has 51 heavy (non-hydrogen) atoms. The molecular formula is C45H37N5O. The van der Waals surface area contributed by atoms with Gasteiger partial charge in [-0.05, 0) is 88.8 Å². The highest BCUT2D eigenvalue weighted by atomic mass is 16.5. The van der Waals surface area contributed by atoms with Gasteiger partial charge in [-0.15, -0.1) is 0 Å². The maximum Gasteiger partial charge on any atom is 0.137 e. The molecular weight excluding hydrogens is 627 g/mol. The zero-order chi connectivity index (χ0) is 34.5. The summed E-state index contributed by atoms with van der Waals surface area (Å²) >= 11 is 0. The lowest BCUT2D eigenvalue weighted by Gasteiger charge is -2.28. The van der Waals surface area contributed by atoms with E-state index in [0.29, 0.717) is 6.67 Å². The number of ether oxygens (including phenoxy) is 1. The normalized spacial score (nSPS) is 13.2. The Balaban J connectivity index is 1.13. The number of fused-ring (bicyclic) bond motifs is 6. The van der Waals surface area contributed by atoms with Crippen molar-refractivity contribution >= 4 is 39.9 Å². The molecule has 7 aromatic rings. The van der Waals surface area contributed by atoms with Crippen LogP contribution in [-0.2, 0) is 5.41 Å². The fraction of sp³-hybridized carbons (Fsp3) is 0.111. The first-order valence-corrected chi connectivity index (χ1v) is 17.3. The molecule has 0 saturated carbocycles. The highest BCUT2D eigenvalue weighted by Crippen LogP contribution is 2.51. The van der Waals surface area contributed by atoms with Gasteiger partial charge in [-0.1, -0.05) is 81.4 Å². The summed E-state index contributed by atoms with van der Waals surface area (Å²) in [5, 5.41) is 0. The van der Waals surface area contributed by atoms with Crippen molar-refractivity contribution in [2.45, 2.75) is 26.2 Å². The molecule has 4 heterocycles. The summed E-state index contributed by atoms with van der Waals surface area (Å²) in [6.07, 6.45) is 5.73. The van der Waals surface area contributed by atoms with Gasteiger partial charge in [0.15, 0.2) is 0 Å². The highest BCUT2D eigenvalue weighted by Gasteiger charge is 2.30. The van der Waals surface area contributed by atoms with Gasteiger partial charge in [0, 0.05) is 53.2 Å². The van der Waals surface area contributed by atoms with Crippen LogP contribution in [0.3, 0.4) is 0 Å². The van der Waals surface area contributed by atoms with Crippen molar-refractivity contribution in [2.24, 2.45) is 0 Å². The van der Waals surface area contributed by atoms with Crippen LogP contribution in [0, 0.1) is 0 Å². The second-order valence-electron chi connectivity index (χ2n) is 14.0. The van der Waals surface area contributed by atoms with Gasteiger partial charge < -0.3 is 14.5 Å². The second-order valence-corrected chi connectivity index (χ2v) is 14.0. The minimum Gasteiger partial charge on any atom is -0.457 e. The van der Waals surface area contributed by atoms with Crippen molar-refractivity contribution in [1.82, 2.24) is 9.97 Å². The van der Waals surface area contributed by atoms with Crippen molar-refractivity contribution in [1.29, 1.82) is 0 Å². The Bertz CT molecular complexity index is 2400. The lowest BCUT2D eigenvalue weighted by molar-refractivity contribution is 0.483. The predicted molar refractivity (Wildman–Crippen MR) is 208 cm³/mol. The van der Waals surface area contributed by atoms with Gasteiger partial charge in [-0.3, -0.25) is 9.88 Å². The summed E-state index contributed by atoms with van der Waals surface area (Å²) in [5.41, 5.74) is 12.2. The largest absolute Gasteiger partial charge is 0.457 e. The van der Waals surface area contributed by atoms with Crippen LogP contribution in [0.1, 0.15) is 26.3 Å². The predicted octanol–water partition coefficient (Wildman–Crippen LogP) is 11.9. The van der Waals surface area contributed by atoms with Crippen molar-refractivity contribution < 1.29 is 4.74 Å². The molecule has 248 valence electrons. The average molecular weight is 664 g/mol. The van der Waals surface area contributed by atoms with Crippen LogP contribution in [0.15, 0.2) is 158 Å². The Hall–Kier alpha value is -6.40. The molecule has 5 aromatic carbocycles. The summed E-state index contributed by atoms with van der Waals surface area (Å²) in [7, 11) is 0. The van der Waals surface area contributed by atoms with E-state index >= 15 is 0 Å². The molecule has 0 spiro atoms. The Kier molecular flexibility index (Phi) is 7.32. The first-order valence-electron chi connectivity index (χ1n) is 17.3. The molecule has 0 radical (unpaired) electrons. The van der Waals surface area contributed by atoms with E-state index in [1.165, 1.54) is 11.3 Å². The van der Waals surface area contributed by atoms with Crippen LogP contribution < -0.4 is 19.4 Å². The number of para-hydroxylation sites is 3. The van der Waals surface area contributed by atoms with E-state index in [0.717, 1.165) is 68.0 Å². The standard InChI is InChI=1S/C45H37N5O/c1-45(2,3)31-22-25-47-44(26-31)50-40-23-24-46-29-39(40)37-17-8-7-16-36(37)38-21-20-35(28-43(38)50)51-34-15-11-14-33(27-34)49-30-48(32-12-5-4-6-13-32)41-18-9-10-19-42(41)49/h4-29H,30H2,1-3H3. The number of rotatable bonds is 5. The van der Waals surface area contributed by atoms with E-state index < -0.39 is 0 Å². The van der Waals surface area contributed by atoms with Gasteiger partial charge in [0.2, 0.25) is 0 Å². The molecule has 0 unspecified atom stereocenters. The molecule has 0 N–H and O–H groups in total. The fourth-order valence-electron chi connectivity index (χ4n) is 7.23. The number of pyridine rings is 2. The molecule has 0 saturated heterocycles. The van der Waals surface area contributed by atoms with Gasteiger partial charge in [0.25, 0.3) is 0 Å². The molecule has 2 aliphatic rings. The van der Waals surface area contributed by atoms with E-state index in [2.05, 4.69) is 174 Å². The molecule has 6 nitrogen and oxygen atoms in total. The topological polar surface area (TPSA) is 44.7 Å². The van der Waals surface area contributed by atoms with Gasteiger partial charge in [-0.2, -0.15) is 0 Å². The monoisotopic (exact) mass is 663 g/mol. The van der Waals surface area contributed by atoms with Gasteiger partial charge in [0.05, 0.1) is 22.7 Å². The third kappa shape index (κ3) is 5.46. The van der Waals surface area contributed by atoms with Crippen molar-refractivity contribution in [2.75, 3.05) is 21.4 Å². The van der Waals surface area contributed by atoms with Gasteiger partial charge >= 0.3 is 0 Å². The smallest absolute Gasteiger partial charge is 0.137 e. The van der Waals surface area contributed by atoms with Crippen LogP contribution >= 0.6 is 0 Å². The number of aromatic nitrogens is 2. The average Bonchev–Trinajstić information content (AvgIpc) is 3.50. The minimum absolute atomic E-state index is 0.0413. The number of anilines is 7. The zero-order valence-corrected chi connectivity index (χ0v) is 28.9. The second kappa shape index (κ2) is 12.2. The maximum absolute atomic E-state index is 6.72. The molecule has 0 amide bonds. The summed E-state index contributed by atoms with van der Waals surface area (Å²) in [5.74, 6) is 2.35. The van der Waals surface area contributed by atoms with E-state index in [1.807, 2.05) is 24.7 Å². The van der Waals surface area contributed by atoms with Crippen LogP contribution in [0.5, 0.6) is 11.5 Å². The zero-order valence-electron chi connectivity index (χ0n) is 28.9. The Morgan fingerprint density at radius 1 is 0.529 bits per heavy atom. The Morgan fingerprint density at radius 2 is 1.22 bits per heavy atom. The SMILES string of the molecule is CC(C)(C)c1ccnc(N2c3ccncc3-c3ccccc3-c3ccc(Oc4cccc(N5CN(c6ccccc6)c6ccccc65)c4)cc32)c1. The lowest BCUT2D eigenvalue weighted by Crippen LogP contribution is -2.23. The molecule has 2 aliphatic heterocycles. The quantitative estimate of drug-likeness (QED) is 0.183. The summed E-state index contributed by atoms with van der Waals surface area (Å²) < 4.78 is 6.72. The number of nitrogens with zero attached hydrogens (tertiary/aromatic N) is 5. The fourth-order valence-corrected chi connectivity index (χ4v) is 7.23. The lowest BCUT2D eigenvalue weighted by atomic mass is 9.87.